The van der Waals surface area contributed by atoms with Gasteiger partial charge in [-0.2, -0.15) is 0 Å². The fraction of sp³-hybridized carbons (Fsp3) is 0.481. The number of aliphatic imine (C=N–C) groups is 1. The van der Waals surface area contributed by atoms with Crippen LogP contribution in [0.4, 0.5) is 11.4 Å². The van der Waals surface area contributed by atoms with Gasteiger partial charge in [0.25, 0.3) is 0 Å². The standard InChI is InChI=1S/C27H34Cl2N4O2/c28-21-8-6-20(25(29)17-21)7-13-27(35)31-23-11-9-22(10-12-23)30-26(19-32-14-2-1-3-15-32)33-16-4-5-24(34)18-33/h6,8-12,17,24,34H,1-5,7,13-16,18-19H2,(H,31,35). The van der Waals surface area contributed by atoms with E-state index in [1.165, 1.54) is 19.3 Å². The van der Waals surface area contributed by atoms with E-state index in [1.54, 1.807) is 12.1 Å². The van der Waals surface area contributed by atoms with E-state index in [0.717, 1.165) is 61.8 Å². The monoisotopic (exact) mass is 516 g/mol. The van der Waals surface area contributed by atoms with Gasteiger partial charge in [0.1, 0.15) is 5.84 Å². The molecule has 2 aliphatic heterocycles. The zero-order valence-electron chi connectivity index (χ0n) is 20.1. The average molecular weight is 518 g/mol. The molecule has 35 heavy (non-hydrogen) atoms. The van der Waals surface area contributed by atoms with Crippen LogP contribution in [0, 0.1) is 0 Å². The summed E-state index contributed by atoms with van der Waals surface area (Å²) < 4.78 is 0. The number of anilines is 1. The fourth-order valence-electron chi connectivity index (χ4n) is 4.68. The van der Waals surface area contributed by atoms with Gasteiger partial charge in [0.15, 0.2) is 0 Å². The Labute approximate surface area is 217 Å². The molecular weight excluding hydrogens is 483 g/mol. The first-order valence-electron chi connectivity index (χ1n) is 12.5. The molecule has 6 nitrogen and oxygen atoms in total. The van der Waals surface area contributed by atoms with Crippen LogP contribution in [-0.4, -0.2) is 65.5 Å². The molecule has 1 unspecified atom stereocenters. The minimum atomic E-state index is -0.296. The molecule has 188 valence electrons. The lowest BCUT2D eigenvalue weighted by atomic mass is 10.1. The highest BCUT2D eigenvalue weighted by Gasteiger charge is 2.23. The van der Waals surface area contributed by atoms with E-state index in [4.69, 9.17) is 28.2 Å². The number of halogens is 2. The summed E-state index contributed by atoms with van der Waals surface area (Å²) in [6.07, 6.45) is 6.17. The number of benzene rings is 2. The number of hydrogen-bond donors (Lipinski definition) is 2. The molecule has 8 heteroatoms. The molecule has 2 saturated heterocycles. The van der Waals surface area contributed by atoms with Crippen LogP contribution in [0.1, 0.15) is 44.1 Å². The number of carbonyl (C=O) groups is 1. The van der Waals surface area contributed by atoms with Crippen molar-refractivity contribution in [2.45, 2.75) is 51.0 Å². The van der Waals surface area contributed by atoms with Crippen LogP contribution >= 0.6 is 23.2 Å². The van der Waals surface area contributed by atoms with E-state index < -0.39 is 0 Å². The Hall–Kier alpha value is -2.12. The molecule has 2 aliphatic rings. The molecule has 1 atom stereocenters. The molecule has 2 aromatic rings. The molecule has 2 fully saturated rings. The third-order valence-electron chi connectivity index (χ3n) is 6.62. The first-order chi connectivity index (χ1) is 17.0. The van der Waals surface area contributed by atoms with E-state index >= 15 is 0 Å². The predicted octanol–water partition coefficient (Wildman–Crippen LogP) is 5.54. The van der Waals surface area contributed by atoms with E-state index in [9.17, 15) is 9.90 Å². The highest BCUT2D eigenvalue weighted by molar-refractivity contribution is 6.35. The maximum atomic E-state index is 12.4. The lowest BCUT2D eigenvalue weighted by molar-refractivity contribution is -0.116. The van der Waals surface area contributed by atoms with Gasteiger partial charge in [-0.3, -0.25) is 9.69 Å². The third-order valence-corrected chi connectivity index (χ3v) is 7.21. The van der Waals surface area contributed by atoms with Crippen molar-refractivity contribution in [3.05, 3.63) is 58.1 Å². The number of amidine groups is 1. The largest absolute Gasteiger partial charge is 0.391 e. The first kappa shape index (κ1) is 26.0. The summed E-state index contributed by atoms with van der Waals surface area (Å²) >= 11 is 12.2. The van der Waals surface area contributed by atoms with Gasteiger partial charge in [-0.25, -0.2) is 4.99 Å². The fourth-order valence-corrected chi connectivity index (χ4v) is 5.18. The number of hydrogen-bond acceptors (Lipinski definition) is 4. The van der Waals surface area contributed by atoms with Crippen LogP contribution in [0.3, 0.4) is 0 Å². The molecule has 0 saturated carbocycles. The zero-order chi connectivity index (χ0) is 24.6. The summed E-state index contributed by atoms with van der Waals surface area (Å²) in [6, 6.07) is 13.0. The van der Waals surface area contributed by atoms with Gasteiger partial charge < -0.3 is 15.3 Å². The Kier molecular flexibility index (Phi) is 9.44. The second-order valence-corrected chi connectivity index (χ2v) is 10.3. The molecule has 2 N–H and O–H groups in total. The second-order valence-electron chi connectivity index (χ2n) is 9.44. The van der Waals surface area contributed by atoms with Crippen molar-refractivity contribution in [1.29, 1.82) is 0 Å². The third kappa shape index (κ3) is 7.94. The summed E-state index contributed by atoms with van der Waals surface area (Å²) in [7, 11) is 0. The minimum Gasteiger partial charge on any atom is -0.391 e. The Balaban J connectivity index is 1.38. The molecule has 2 heterocycles. The van der Waals surface area contributed by atoms with E-state index in [2.05, 4.69) is 15.1 Å². The van der Waals surface area contributed by atoms with Crippen LogP contribution in [0.5, 0.6) is 0 Å². The second kappa shape index (κ2) is 12.7. The number of β-amino-alcohol motifs (C(OH)–C–C–N with tert-alkyl or cyclic N) is 1. The number of rotatable bonds is 7. The number of aliphatic hydroxyl groups is 1. The van der Waals surface area contributed by atoms with Gasteiger partial charge in [-0.15, -0.1) is 0 Å². The van der Waals surface area contributed by atoms with Crippen molar-refractivity contribution >= 4 is 46.3 Å². The van der Waals surface area contributed by atoms with Gasteiger partial charge in [-0.05, 0) is 87.2 Å². The molecule has 4 rings (SSSR count). The molecule has 2 aromatic carbocycles. The van der Waals surface area contributed by atoms with Crippen molar-refractivity contribution in [1.82, 2.24) is 9.80 Å². The molecule has 1 amide bonds. The summed E-state index contributed by atoms with van der Waals surface area (Å²) in [4.78, 5) is 22.1. The molecule has 0 bridgehead atoms. The van der Waals surface area contributed by atoms with Crippen LogP contribution in [0.2, 0.25) is 10.0 Å². The average Bonchev–Trinajstić information content (AvgIpc) is 2.85. The summed E-state index contributed by atoms with van der Waals surface area (Å²) in [5.74, 6) is 0.947. The number of carbonyl (C=O) groups excluding carboxylic acids is 1. The van der Waals surface area contributed by atoms with Gasteiger partial charge in [0.05, 0.1) is 18.3 Å². The Morgan fingerprint density at radius 3 is 2.51 bits per heavy atom. The van der Waals surface area contributed by atoms with Crippen molar-refractivity contribution < 1.29 is 9.90 Å². The van der Waals surface area contributed by atoms with Gasteiger partial charge in [-0.1, -0.05) is 35.7 Å². The lowest BCUT2D eigenvalue weighted by Gasteiger charge is -2.36. The molecule has 0 aliphatic carbocycles. The van der Waals surface area contributed by atoms with E-state index in [0.29, 0.717) is 29.4 Å². The summed E-state index contributed by atoms with van der Waals surface area (Å²) in [5, 5.41) is 14.3. The van der Waals surface area contributed by atoms with E-state index in [-0.39, 0.29) is 12.0 Å². The van der Waals surface area contributed by atoms with Gasteiger partial charge >= 0.3 is 0 Å². The van der Waals surface area contributed by atoms with E-state index in [1.807, 2.05) is 30.3 Å². The maximum Gasteiger partial charge on any atom is 0.224 e. The highest BCUT2D eigenvalue weighted by Crippen LogP contribution is 2.23. The Morgan fingerprint density at radius 1 is 1.03 bits per heavy atom. The van der Waals surface area contributed by atoms with Crippen molar-refractivity contribution in [2.75, 3.05) is 38.0 Å². The predicted molar refractivity (Wildman–Crippen MR) is 144 cm³/mol. The van der Waals surface area contributed by atoms with Crippen LogP contribution < -0.4 is 5.32 Å². The molecule has 0 radical (unpaired) electrons. The molecular formula is C27H34Cl2N4O2. The number of likely N-dealkylation sites (tertiary alicyclic amines) is 2. The summed E-state index contributed by atoms with van der Waals surface area (Å²) in [6.45, 7) is 4.57. The quantitative estimate of drug-likeness (QED) is 0.374. The molecule has 0 aromatic heterocycles. The number of aryl methyl sites for hydroxylation is 1. The zero-order valence-corrected chi connectivity index (χ0v) is 21.6. The van der Waals surface area contributed by atoms with Crippen molar-refractivity contribution in [2.24, 2.45) is 4.99 Å². The lowest BCUT2D eigenvalue weighted by Crippen LogP contribution is -2.47. The van der Waals surface area contributed by atoms with Crippen LogP contribution in [0.15, 0.2) is 47.5 Å². The number of nitrogens with one attached hydrogen (secondary N) is 1. The normalized spacial score (nSPS) is 19.6. The van der Waals surface area contributed by atoms with Crippen molar-refractivity contribution in [3.8, 4) is 0 Å². The van der Waals surface area contributed by atoms with Gasteiger partial charge in [0.2, 0.25) is 5.91 Å². The van der Waals surface area contributed by atoms with Crippen LogP contribution in [0.25, 0.3) is 0 Å². The first-order valence-corrected chi connectivity index (χ1v) is 13.3. The van der Waals surface area contributed by atoms with Crippen molar-refractivity contribution in [3.63, 3.8) is 0 Å². The van der Waals surface area contributed by atoms with Gasteiger partial charge in [0, 0.05) is 35.2 Å². The SMILES string of the molecule is O=C(CCc1ccc(Cl)cc1Cl)Nc1ccc(N=C(CN2CCCCC2)N2CCCC(O)C2)cc1. The minimum absolute atomic E-state index is 0.0691. The Morgan fingerprint density at radius 2 is 1.80 bits per heavy atom. The van der Waals surface area contributed by atoms with Crippen LogP contribution in [-0.2, 0) is 11.2 Å². The summed E-state index contributed by atoms with van der Waals surface area (Å²) in [5.41, 5.74) is 2.49. The Bertz CT molecular complexity index is 1020. The topological polar surface area (TPSA) is 68.2 Å². The number of nitrogens with zero attached hydrogens (tertiary/aromatic N) is 3. The highest BCUT2D eigenvalue weighted by atomic mass is 35.5. The maximum absolute atomic E-state index is 12.4. The number of aliphatic hydroxyl groups excluding tert-OH is 1. The number of piperidine rings is 2. The molecule has 0 spiro atoms. The number of amides is 1. The smallest absolute Gasteiger partial charge is 0.224 e.